The van der Waals surface area contributed by atoms with E-state index in [1.54, 1.807) is 6.92 Å². The van der Waals surface area contributed by atoms with E-state index >= 15 is 0 Å². The molecule has 3 aromatic rings. The number of amides is 2. The molecule has 3 atom stereocenters. The molecule has 0 bridgehead atoms. The second-order valence-corrected chi connectivity index (χ2v) is 11.8. The highest BCUT2D eigenvalue weighted by Gasteiger charge is 2.34. The number of hydrogen-bond donors (Lipinski definition) is 2. The van der Waals surface area contributed by atoms with Crippen LogP contribution in [0.4, 0.5) is 0 Å². The van der Waals surface area contributed by atoms with Crippen LogP contribution in [0.2, 0.25) is 0 Å². The van der Waals surface area contributed by atoms with Crippen LogP contribution in [0.3, 0.4) is 0 Å². The van der Waals surface area contributed by atoms with Gasteiger partial charge in [0.25, 0.3) is 5.91 Å². The zero-order chi connectivity index (χ0) is 32.1. The Kier molecular flexibility index (Phi) is 13.3. The predicted molar refractivity (Wildman–Crippen MR) is 170 cm³/mol. The Morgan fingerprint density at radius 1 is 0.818 bits per heavy atom. The Hall–Kier alpha value is -4.33. The van der Waals surface area contributed by atoms with Crippen molar-refractivity contribution in [3.63, 3.8) is 0 Å². The van der Waals surface area contributed by atoms with Gasteiger partial charge in [0, 0.05) is 12.3 Å². The van der Waals surface area contributed by atoms with Crippen molar-refractivity contribution in [3.8, 4) is 0 Å². The van der Waals surface area contributed by atoms with Crippen LogP contribution in [0.25, 0.3) is 10.8 Å². The molecule has 234 valence electrons. The lowest BCUT2D eigenvalue weighted by atomic mass is 9.90. The maximum atomic E-state index is 13.4. The molecule has 0 aliphatic heterocycles. The highest BCUT2D eigenvalue weighted by atomic mass is 16.5. The van der Waals surface area contributed by atoms with Crippen LogP contribution in [0, 0.1) is 17.8 Å². The summed E-state index contributed by atoms with van der Waals surface area (Å²) in [7, 11) is 0. The van der Waals surface area contributed by atoms with Crippen molar-refractivity contribution >= 4 is 40.1 Å². The number of carbonyl (C=O) groups excluding carboxylic acids is 5. The molecule has 3 aromatic carbocycles. The van der Waals surface area contributed by atoms with E-state index in [-0.39, 0.29) is 43.6 Å². The zero-order valence-electron chi connectivity index (χ0n) is 26.1. The number of Topliss-reactive ketones (excluding diaryl/α,β-unsaturated/α-hetero) is 2. The lowest BCUT2D eigenvalue weighted by Gasteiger charge is -2.26. The Morgan fingerprint density at radius 3 is 2.18 bits per heavy atom. The van der Waals surface area contributed by atoms with Crippen LogP contribution in [0.5, 0.6) is 0 Å². The Bertz CT molecular complexity index is 1430. The number of ether oxygens (including phenoxy) is 1. The predicted octanol–water partition coefficient (Wildman–Crippen LogP) is 5.35. The van der Waals surface area contributed by atoms with E-state index in [1.807, 2.05) is 93.6 Å². The monoisotopic (exact) mass is 600 g/mol. The zero-order valence-corrected chi connectivity index (χ0v) is 26.1. The minimum atomic E-state index is -1.09. The molecular weight excluding hydrogens is 556 g/mol. The highest BCUT2D eigenvalue weighted by Crippen LogP contribution is 2.20. The van der Waals surface area contributed by atoms with Crippen molar-refractivity contribution in [2.24, 2.45) is 17.8 Å². The first-order valence-electron chi connectivity index (χ1n) is 15.4. The fourth-order valence-corrected chi connectivity index (χ4v) is 5.00. The van der Waals surface area contributed by atoms with E-state index in [4.69, 9.17) is 4.74 Å². The van der Waals surface area contributed by atoms with Gasteiger partial charge in [0.1, 0.15) is 6.61 Å². The van der Waals surface area contributed by atoms with Crippen LogP contribution < -0.4 is 10.6 Å². The Balaban J connectivity index is 1.55. The molecule has 44 heavy (non-hydrogen) atoms. The minimum absolute atomic E-state index is 0.102. The van der Waals surface area contributed by atoms with Gasteiger partial charge < -0.3 is 15.4 Å². The number of ketones is 2. The molecule has 0 heterocycles. The summed E-state index contributed by atoms with van der Waals surface area (Å²) in [6.07, 6.45) is 1.53. The smallest absolute Gasteiger partial charge is 0.306 e. The van der Waals surface area contributed by atoms with Crippen LogP contribution in [0.1, 0.15) is 64.5 Å². The first-order chi connectivity index (χ1) is 21.1. The minimum Gasteiger partial charge on any atom is -0.461 e. The third-order valence-corrected chi connectivity index (χ3v) is 7.75. The molecule has 0 aromatic heterocycles. The summed E-state index contributed by atoms with van der Waals surface area (Å²) in [6, 6.07) is 22.2. The molecule has 0 fully saturated rings. The molecule has 2 amide bonds. The van der Waals surface area contributed by atoms with E-state index < -0.39 is 35.5 Å². The average molecular weight is 601 g/mol. The van der Waals surface area contributed by atoms with Gasteiger partial charge in [-0.25, -0.2) is 0 Å². The lowest BCUT2D eigenvalue weighted by Crippen LogP contribution is -2.52. The number of esters is 1. The first-order valence-corrected chi connectivity index (χ1v) is 15.4. The van der Waals surface area contributed by atoms with Gasteiger partial charge in [-0.3, -0.25) is 24.0 Å². The number of hydrogen-bond acceptors (Lipinski definition) is 6. The third kappa shape index (κ3) is 10.7. The maximum absolute atomic E-state index is 13.4. The fourth-order valence-electron chi connectivity index (χ4n) is 5.00. The van der Waals surface area contributed by atoms with Crippen molar-refractivity contribution in [2.75, 3.05) is 6.54 Å². The van der Waals surface area contributed by atoms with Crippen LogP contribution >= 0.6 is 0 Å². The van der Waals surface area contributed by atoms with Gasteiger partial charge in [0.05, 0.1) is 19.0 Å². The van der Waals surface area contributed by atoms with E-state index in [0.717, 1.165) is 21.9 Å². The van der Waals surface area contributed by atoms with E-state index in [1.165, 1.54) is 0 Å². The summed E-state index contributed by atoms with van der Waals surface area (Å²) < 4.78 is 5.39. The summed E-state index contributed by atoms with van der Waals surface area (Å²) in [5.74, 6) is -3.89. The van der Waals surface area contributed by atoms with Crippen LogP contribution in [-0.4, -0.2) is 41.9 Å². The normalized spacial score (nSPS) is 13.1. The van der Waals surface area contributed by atoms with Gasteiger partial charge >= 0.3 is 5.97 Å². The molecule has 3 rings (SSSR count). The van der Waals surface area contributed by atoms with Crippen LogP contribution in [-0.2, 0) is 41.7 Å². The summed E-state index contributed by atoms with van der Waals surface area (Å²) in [5.41, 5.74) is 1.85. The standard InChI is InChI=1S/C36H44N2O6/c1-5-25(4)33(38-35(42)30(19-24(2)3)21-32(40)44-23-27-11-7-6-8-12-27)34(41)36(43)37-22-31(39)18-16-26-15-17-28-13-9-10-14-29(28)20-26/h6-15,17,20,24-25,30,33H,5,16,18-19,21-23H2,1-4H3,(H,37,43)(H,38,42). The second-order valence-electron chi connectivity index (χ2n) is 11.8. The molecule has 3 unspecified atom stereocenters. The fraction of sp³-hybridized carbons (Fsp3) is 0.417. The summed E-state index contributed by atoms with van der Waals surface area (Å²) in [5, 5.41) is 7.40. The van der Waals surface area contributed by atoms with Gasteiger partial charge in [0.15, 0.2) is 5.78 Å². The van der Waals surface area contributed by atoms with E-state index in [0.29, 0.717) is 19.3 Å². The molecule has 0 radical (unpaired) electrons. The second kappa shape index (κ2) is 17.1. The molecule has 8 heteroatoms. The highest BCUT2D eigenvalue weighted by molar-refractivity contribution is 6.38. The van der Waals surface area contributed by atoms with E-state index in [2.05, 4.69) is 10.6 Å². The molecule has 0 saturated carbocycles. The molecular formula is C36H44N2O6. The van der Waals surface area contributed by atoms with Crippen LogP contribution in [0.15, 0.2) is 72.8 Å². The molecule has 0 aliphatic rings. The number of benzene rings is 3. The molecule has 2 N–H and O–H groups in total. The summed E-state index contributed by atoms with van der Waals surface area (Å²) in [4.78, 5) is 64.5. The van der Waals surface area contributed by atoms with Crippen molar-refractivity contribution in [1.29, 1.82) is 0 Å². The number of fused-ring (bicyclic) bond motifs is 1. The first kappa shape index (κ1) is 34.2. The largest absolute Gasteiger partial charge is 0.461 e. The van der Waals surface area contributed by atoms with Gasteiger partial charge in [-0.05, 0) is 46.6 Å². The number of carbonyl (C=O) groups is 5. The van der Waals surface area contributed by atoms with Crippen molar-refractivity contribution in [1.82, 2.24) is 10.6 Å². The SMILES string of the molecule is CCC(C)C(NC(=O)C(CC(=O)OCc1ccccc1)CC(C)C)C(=O)C(=O)NCC(=O)CCc1ccc2ccccc2c1. The van der Waals surface area contributed by atoms with Crippen molar-refractivity contribution in [2.45, 2.75) is 72.4 Å². The average Bonchev–Trinajstić information content (AvgIpc) is 3.03. The van der Waals surface area contributed by atoms with Gasteiger partial charge in [0.2, 0.25) is 11.7 Å². The number of rotatable bonds is 17. The van der Waals surface area contributed by atoms with Crippen molar-refractivity contribution in [3.05, 3.63) is 83.9 Å². The Labute approximate surface area is 259 Å². The van der Waals surface area contributed by atoms with Gasteiger partial charge in [-0.15, -0.1) is 0 Å². The summed E-state index contributed by atoms with van der Waals surface area (Å²) >= 11 is 0. The quantitative estimate of drug-likeness (QED) is 0.159. The molecule has 0 saturated heterocycles. The number of aryl methyl sites for hydroxylation is 1. The maximum Gasteiger partial charge on any atom is 0.306 e. The van der Waals surface area contributed by atoms with Gasteiger partial charge in [-0.1, -0.05) is 107 Å². The van der Waals surface area contributed by atoms with Crippen molar-refractivity contribution < 1.29 is 28.7 Å². The molecule has 0 aliphatic carbocycles. The molecule has 0 spiro atoms. The Morgan fingerprint density at radius 2 is 1.50 bits per heavy atom. The number of nitrogens with one attached hydrogen (secondary N) is 2. The third-order valence-electron chi connectivity index (χ3n) is 7.75. The molecule has 8 nitrogen and oxygen atoms in total. The lowest BCUT2D eigenvalue weighted by molar-refractivity contribution is -0.149. The summed E-state index contributed by atoms with van der Waals surface area (Å²) in [6.45, 7) is 7.34. The topological polar surface area (TPSA) is 119 Å². The van der Waals surface area contributed by atoms with E-state index in [9.17, 15) is 24.0 Å². The van der Waals surface area contributed by atoms with Gasteiger partial charge in [-0.2, -0.15) is 0 Å².